The Morgan fingerprint density at radius 2 is 2.54 bits per heavy atom. The molecule has 2 heterocycles. The number of hydrogen-bond donors (Lipinski definition) is 1. The maximum absolute atomic E-state index is 8.93. The van der Waals surface area contributed by atoms with Crippen molar-refractivity contribution in [1.82, 2.24) is 5.32 Å². The molecule has 0 aromatic heterocycles. The van der Waals surface area contributed by atoms with Crippen LogP contribution < -0.4 is 5.32 Å². The minimum atomic E-state index is 0.411. The smallest absolute Gasteiger partial charge is 0.228 e. The van der Waals surface area contributed by atoms with Gasteiger partial charge < -0.3 is 10.1 Å². The number of hydrogen-bond acceptors (Lipinski definition) is 4. The summed E-state index contributed by atoms with van der Waals surface area (Å²) in [4.78, 5) is 4.22. The lowest BCUT2D eigenvalue weighted by atomic mass is 9.99. The van der Waals surface area contributed by atoms with E-state index in [1.54, 1.807) is 7.11 Å². The third kappa shape index (κ3) is 1.17. The van der Waals surface area contributed by atoms with Crippen molar-refractivity contribution in [2.75, 3.05) is 20.2 Å². The van der Waals surface area contributed by atoms with Crippen molar-refractivity contribution in [1.29, 1.82) is 5.26 Å². The molecule has 1 N–H and O–H groups in total. The van der Waals surface area contributed by atoms with E-state index in [-0.39, 0.29) is 0 Å². The zero-order valence-electron chi connectivity index (χ0n) is 7.50. The quantitative estimate of drug-likeness (QED) is 0.583. The Morgan fingerprint density at radius 1 is 1.69 bits per heavy atom. The maximum Gasteiger partial charge on any atom is 0.228 e. The van der Waals surface area contributed by atoms with Crippen molar-refractivity contribution >= 4 is 5.90 Å². The molecule has 1 atom stereocenters. The van der Waals surface area contributed by atoms with Crippen LogP contribution in [0.2, 0.25) is 0 Å². The molecule has 2 aliphatic heterocycles. The summed E-state index contributed by atoms with van der Waals surface area (Å²) in [5.74, 6) is 0.886. The van der Waals surface area contributed by atoms with E-state index in [0.717, 1.165) is 25.2 Å². The highest BCUT2D eigenvalue weighted by Crippen LogP contribution is 2.26. The van der Waals surface area contributed by atoms with E-state index in [9.17, 15) is 0 Å². The average molecular weight is 177 g/mol. The van der Waals surface area contributed by atoms with E-state index in [0.29, 0.717) is 17.4 Å². The average Bonchev–Trinajstić information content (AvgIpc) is 2.63. The first kappa shape index (κ1) is 8.11. The van der Waals surface area contributed by atoms with Gasteiger partial charge in [-0.1, -0.05) is 0 Å². The zero-order chi connectivity index (χ0) is 9.26. The fourth-order valence-corrected chi connectivity index (χ4v) is 1.81. The molecule has 0 spiro atoms. The highest BCUT2D eigenvalue weighted by molar-refractivity contribution is 5.98. The molecule has 4 heteroatoms. The lowest BCUT2D eigenvalue weighted by molar-refractivity contribution is 0.396. The van der Waals surface area contributed by atoms with E-state index in [1.165, 1.54) is 0 Å². The van der Waals surface area contributed by atoms with Crippen molar-refractivity contribution < 1.29 is 4.74 Å². The van der Waals surface area contributed by atoms with Crippen LogP contribution in [0, 0.1) is 17.2 Å². The van der Waals surface area contributed by atoms with Crippen LogP contribution in [0.1, 0.15) is 6.42 Å². The second-order valence-electron chi connectivity index (χ2n) is 3.16. The molecule has 1 saturated heterocycles. The summed E-state index contributed by atoms with van der Waals surface area (Å²) in [6, 6.07) is 2.14. The first-order valence-electron chi connectivity index (χ1n) is 4.33. The zero-order valence-corrected chi connectivity index (χ0v) is 7.50. The molecule has 4 nitrogen and oxygen atoms in total. The van der Waals surface area contributed by atoms with Crippen LogP contribution in [0.15, 0.2) is 16.3 Å². The van der Waals surface area contributed by atoms with Gasteiger partial charge in [0.1, 0.15) is 11.6 Å². The van der Waals surface area contributed by atoms with Crippen LogP contribution in [0.3, 0.4) is 0 Å². The standard InChI is InChI=1S/C9H11N3O/c1-13-9-7(4-10)8-6(5-12-9)2-3-11-8/h6,11H,2-3,5H2,1H3. The molecule has 2 rings (SSSR count). The van der Waals surface area contributed by atoms with Gasteiger partial charge in [0.15, 0.2) is 0 Å². The number of methoxy groups -OCH3 is 1. The number of fused-ring (bicyclic) bond motifs is 1. The molecule has 1 unspecified atom stereocenters. The monoisotopic (exact) mass is 177 g/mol. The fourth-order valence-electron chi connectivity index (χ4n) is 1.81. The fraction of sp³-hybridized carbons (Fsp3) is 0.556. The minimum absolute atomic E-state index is 0.411. The molecule has 0 radical (unpaired) electrons. The van der Waals surface area contributed by atoms with E-state index in [2.05, 4.69) is 16.4 Å². The van der Waals surface area contributed by atoms with Crippen molar-refractivity contribution in [3.63, 3.8) is 0 Å². The van der Waals surface area contributed by atoms with E-state index < -0.39 is 0 Å². The van der Waals surface area contributed by atoms with Crippen LogP contribution in [-0.2, 0) is 4.74 Å². The van der Waals surface area contributed by atoms with Crippen molar-refractivity contribution in [2.45, 2.75) is 6.42 Å². The van der Waals surface area contributed by atoms with Gasteiger partial charge >= 0.3 is 0 Å². The van der Waals surface area contributed by atoms with Gasteiger partial charge in [0.2, 0.25) is 5.90 Å². The van der Waals surface area contributed by atoms with Gasteiger partial charge in [-0.2, -0.15) is 5.26 Å². The second-order valence-corrected chi connectivity index (χ2v) is 3.16. The van der Waals surface area contributed by atoms with Crippen molar-refractivity contribution in [2.24, 2.45) is 10.9 Å². The number of ether oxygens (including phenoxy) is 1. The van der Waals surface area contributed by atoms with Gasteiger partial charge in [-0.25, -0.2) is 4.99 Å². The summed E-state index contributed by atoms with van der Waals surface area (Å²) in [5.41, 5.74) is 1.60. The highest BCUT2D eigenvalue weighted by Gasteiger charge is 2.30. The lowest BCUT2D eigenvalue weighted by Gasteiger charge is -2.17. The number of dihydropyridines is 1. The molecule has 2 aliphatic rings. The van der Waals surface area contributed by atoms with Gasteiger partial charge in [0.25, 0.3) is 0 Å². The van der Waals surface area contributed by atoms with Gasteiger partial charge in [-0.05, 0) is 6.42 Å². The Balaban J connectivity index is 2.39. The largest absolute Gasteiger partial charge is 0.480 e. The molecular formula is C9H11N3O. The number of nitriles is 1. The molecule has 0 amide bonds. The Labute approximate surface area is 76.9 Å². The van der Waals surface area contributed by atoms with Crippen LogP contribution in [-0.4, -0.2) is 26.1 Å². The number of rotatable bonds is 0. The Hall–Kier alpha value is -1.50. The summed E-state index contributed by atoms with van der Waals surface area (Å²) in [6.07, 6.45) is 1.07. The Bertz CT molecular complexity index is 324. The number of aliphatic imine (C=N–C) groups is 1. The molecule has 1 fully saturated rings. The van der Waals surface area contributed by atoms with E-state index in [4.69, 9.17) is 10.00 Å². The minimum Gasteiger partial charge on any atom is -0.480 e. The number of nitrogens with zero attached hydrogens (tertiary/aromatic N) is 2. The number of nitrogens with one attached hydrogen (secondary N) is 1. The third-order valence-electron chi connectivity index (χ3n) is 2.46. The van der Waals surface area contributed by atoms with Crippen LogP contribution in [0.4, 0.5) is 0 Å². The molecule has 13 heavy (non-hydrogen) atoms. The van der Waals surface area contributed by atoms with Crippen LogP contribution in [0.5, 0.6) is 0 Å². The van der Waals surface area contributed by atoms with Gasteiger partial charge in [0, 0.05) is 18.2 Å². The molecule has 0 bridgehead atoms. The Morgan fingerprint density at radius 3 is 3.23 bits per heavy atom. The van der Waals surface area contributed by atoms with Gasteiger partial charge in [-0.15, -0.1) is 0 Å². The first-order chi connectivity index (χ1) is 6.36. The molecular weight excluding hydrogens is 166 g/mol. The summed E-state index contributed by atoms with van der Waals surface area (Å²) >= 11 is 0. The summed E-state index contributed by atoms with van der Waals surface area (Å²) in [5, 5.41) is 12.2. The van der Waals surface area contributed by atoms with Crippen LogP contribution in [0.25, 0.3) is 0 Å². The molecule has 0 saturated carbocycles. The predicted octanol–water partition coefficient (Wildman–Crippen LogP) is 0.432. The summed E-state index contributed by atoms with van der Waals surface area (Å²) in [6.45, 7) is 1.69. The first-order valence-corrected chi connectivity index (χ1v) is 4.33. The molecule has 68 valence electrons. The van der Waals surface area contributed by atoms with E-state index >= 15 is 0 Å². The predicted molar refractivity (Wildman–Crippen MR) is 48.1 cm³/mol. The molecule has 0 aromatic rings. The topological polar surface area (TPSA) is 57.4 Å². The Kier molecular flexibility index (Phi) is 1.93. The van der Waals surface area contributed by atoms with Gasteiger partial charge in [0.05, 0.1) is 13.7 Å². The third-order valence-corrected chi connectivity index (χ3v) is 2.46. The highest BCUT2D eigenvalue weighted by atomic mass is 16.5. The SMILES string of the molecule is COC1=NCC2CCNC2=C1C#N. The summed E-state index contributed by atoms with van der Waals surface area (Å²) < 4.78 is 5.03. The lowest BCUT2D eigenvalue weighted by Crippen LogP contribution is -2.22. The summed E-state index contributed by atoms with van der Waals surface area (Å²) in [7, 11) is 1.55. The molecule has 0 aliphatic carbocycles. The normalized spacial score (nSPS) is 25.8. The maximum atomic E-state index is 8.93. The van der Waals surface area contributed by atoms with Crippen molar-refractivity contribution in [3.05, 3.63) is 11.3 Å². The molecule has 0 aromatic carbocycles. The second kappa shape index (κ2) is 3.09. The van der Waals surface area contributed by atoms with E-state index in [1.807, 2.05) is 0 Å². The van der Waals surface area contributed by atoms with Crippen LogP contribution >= 0.6 is 0 Å². The van der Waals surface area contributed by atoms with Gasteiger partial charge in [-0.3, -0.25) is 0 Å². The van der Waals surface area contributed by atoms with Crippen molar-refractivity contribution in [3.8, 4) is 6.07 Å².